The molecule has 6 aliphatic rings. The van der Waals surface area contributed by atoms with Gasteiger partial charge in [0.05, 0.1) is 35.0 Å². The van der Waals surface area contributed by atoms with Crippen LogP contribution in [0, 0.1) is 47.3 Å². The second-order valence-corrected chi connectivity index (χ2v) is 11.6. The van der Waals surface area contributed by atoms with Crippen LogP contribution < -0.4 is 15.1 Å². The van der Waals surface area contributed by atoms with Crippen LogP contribution in [0.15, 0.2) is 72.8 Å². The van der Waals surface area contributed by atoms with Crippen LogP contribution in [0.5, 0.6) is 0 Å². The van der Waals surface area contributed by atoms with Gasteiger partial charge in [-0.05, 0) is 85.0 Å². The van der Waals surface area contributed by atoms with Crippen LogP contribution in [0.1, 0.15) is 23.2 Å². The van der Waals surface area contributed by atoms with Crippen LogP contribution in [0.25, 0.3) is 0 Å². The average Bonchev–Trinajstić information content (AvgIpc) is 3.78. The summed E-state index contributed by atoms with van der Waals surface area (Å²) in [4.78, 5) is 67.6. The molecule has 2 aliphatic heterocycles. The Bertz CT molecular complexity index is 1480. The van der Waals surface area contributed by atoms with Gasteiger partial charge in [0.1, 0.15) is 0 Å². The van der Waals surface area contributed by atoms with Crippen LogP contribution in [0.2, 0.25) is 0 Å². The molecule has 2 saturated carbocycles. The Morgan fingerprint density at radius 1 is 0.564 bits per heavy atom. The molecule has 4 fully saturated rings. The third-order valence-corrected chi connectivity index (χ3v) is 9.71. The lowest BCUT2D eigenvalue weighted by Gasteiger charge is -2.18. The number of hydrogen-bond donors (Lipinski definition) is 1. The quantitative estimate of drug-likeness (QED) is 0.492. The van der Waals surface area contributed by atoms with Crippen molar-refractivity contribution < 1.29 is 24.0 Å². The molecule has 0 spiro atoms. The van der Waals surface area contributed by atoms with Gasteiger partial charge in [-0.1, -0.05) is 24.3 Å². The zero-order valence-corrected chi connectivity index (χ0v) is 20.9. The topological polar surface area (TPSA) is 104 Å². The van der Waals surface area contributed by atoms with Crippen molar-refractivity contribution in [2.24, 2.45) is 47.3 Å². The van der Waals surface area contributed by atoms with Gasteiger partial charge in [0.2, 0.25) is 23.6 Å². The molecular formula is C31H25N3O5. The first kappa shape index (κ1) is 22.6. The van der Waals surface area contributed by atoms with Crippen molar-refractivity contribution in [3.8, 4) is 0 Å². The Balaban J connectivity index is 0.952. The van der Waals surface area contributed by atoms with Gasteiger partial charge >= 0.3 is 0 Å². The van der Waals surface area contributed by atoms with E-state index in [2.05, 4.69) is 29.6 Å². The highest BCUT2D eigenvalue weighted by Gasteiger charge is 2.60. The molecule has 8 rings (SSSR count). The third-order valence-electron chi connectivity index (χ3n) is 9.71. The van der Waals surface area contributed by atoms with E-state index in [4.69, 9.17) is 0 Å². The largest absolute Gasteiger partial charge is 0.322 e. The number of fused-ring (bicyclic) bond motifs is 10. The molecule has 0 aromatic heterocycles. The van der Waals surface area contributed by atoms with Gasteiger partial charge in [-0.25, -0.2) is 0 Å². The first-order valence-electron chi connectivity index (χ1n) is 13.5. The molecule has 4 aliphatic carbocycles. The van der Waals surface area contributed by atoms with E-state index in [1.54, 1.807) is 48.5 Å². The predicted molar refractivity (Wildman–Crippen MR) is 141 cm³/mol. The van der Waals surface area contributed by atoms with Gasteiger partial charge in [0, 0.05) is 11.3 Å². The molecule has 0 radical (unpaired) electrons. The van der Waals surface area contributed by atoms with E-state index in [1.807, 2.05) is 0 Å². The number of carbonyl (C=O) groups excluding carboxylic acids is 5. The number of allylic oxidation sites excluding steroid dienone is 4. The zero-order valence-electron chi connectivity index (χ0n) is 20.9. The van der Waals surface area contributed by atoms with Crippen LogP contribution in [-0.2, 0) is 19.2 Å². The molecule has 194 valence electrons. The molecule has 8 heteroatoms. The van der Waals surface area contributed by atoms with E-state index in [0.29, 0.717) is 22.6 Å². The number of nitrogens with one attached hydrogen (secondary N) is 1. The summed E-state index contributed by atoms with van der Waals surface area (Å²) in [6.45, 7) is 0. The smallest absolute Gasteiger partial charge is 0.255 e. The van der Waals surface area contributed by atoms with Crippen LogP contribution in [0.3, 0.4) is 0 Å². The average molecular weight is 520 g/mol. The Kier molecular flexibility index (Phi) is 4.55. The molecule has 2 heterocycles. The SMILES string of the molecule is O=C(Nc1ccc(N2C(=O)[C@H]3[C@H](C2=O)[C@H]2C=C[C@H]3C2)cc1)c1ccc(N2C(=O)[C@@H]3[C@H](C2=O)[C@H]2C=C[C@H]3C2)cc1. The number of imide groups is 2. The van der Waals surface area contributed by atoms with E-state index >= 15 is 0 Å². The Morgan fingerprint density at radius 3 is 1.31 bits per heavy atom. The van der Waals surface area contributed by atoms with Crippen molar-refractivity contribution in [1.29, 1.82) is 0 Å². The lowest BCUT2D eigenvalue weighted by Crippen LogP contribution is -2.32. The Labute approximate surface area is 224 Å². The number of hydrogen-bond acceptors (Lipinski definition) is 5. The molecule has 8 nitrogen and oxygen atoms in total. The number of benzene rings is 2. The summed E-state index contributed by atoms with van der Waals surface area (Å²) in [5, 5.41) is 2.83. The molecule has 39 heavy (non-hydrogen) atoms. The van der Waals surface area contributed by atoms with Crippen LogP contribution in [-0.4, -0.2) is 29.5 Å². The minimum absolute atomic E-state index is 0.138. The van der Waals surface area contributed by atoms with Gasteiger partial charge < -0.3 is 5.32 Å². The molecular weight excluding hydrogens is 494 g/mol. The van der Waals surface area contributed by atoms with E-state index in [9.17, 15) is 24.0 Å². The van der Waals surface area contributed by atoms with E-state index in [1.165, 1.54) is 9.80 Å². The van der Waals surface area contributed by atoms with Crippen LogP contribution in [0.4, 0.5) is 17.1 Å². The fraction of sp³-hybridized carbons (Fsp3) is 0.323. The summed E-state index contributed by atoms with van der Waals surface area (Å²) in [6, 6.07) is 13.2. The molecule has 8 atom stereocenters. The normalized spacial score (nSPS) is 35.0. The fourth-order valence-corrected chi connectivity index (χ4v) is 7.97. The Morgan fingerprint density at radius 2 is 0.923 bits per heavy atom. The molecule has 4 bridgehead atoms. The van der Waals surface area contributed by atoms with E-state index in [0.717, 1.165) is 12.8 Å². The van der Waals surface area contributed by atoms with Crippen molar-refractivity contribution in [2.45, 2.75) is 12.8 Å². The maximum Gasteiger partial charge on any atom is 0.255 e. The van der Waals surface area contributed by atoms with Crippen molar-refractivity contribution in [3.63, 3.8) is 0 Å². The van der Waals surface area contributed by atoms with Gasteiger partial charge in [0.25, 0.3) is 5.91 Å². The minimum Gasteiger partial charge on any atom is -0.322 e. The fourth-order valence-electron chi connectivity index (χ4n) is 7.97. The highest BCUT2D eigenvalue weighted by atomic mass is 16.2. The molecule has 2 saturated heterocycles. The molecule has 5 amide bonds. The van der Waals surface area contributed by atoms with Crippen molar-refractivity contribution in [2.75, 3.05) is 15.1 Å². The standard InChI is InChI=1S/C31H25N3O5/c35-27(15-5-9-21(10-6-15)33-28(36)23-16-1-2-17(13-16)24(23)29(33)37)32-20-7-11-22(12-8-20)34-30(38)25-18-3-4-19(14-18)26(25)31(34)39/h1-12,16-19,23-26H,13-14H2,(H,32,35)/t16-,17-,18-,19-,23-,24+,25+,26+/m0/s1. The third kappa shape index (κ3) is 3.02. The van der Waals surface area contributed by atoms with Gasteiger partial charge in [-0.3, -0.25) is 33.8 Å². The second-order valence-electron chi connectivity index (χ2n) is 11.6. The molecule has 2 aromatic rings. The van der Waals surface area contributed by atoms with Gasteiger partial charge in [0.15, 0.2) is 0 Å². The Hall–Kier alpha value is -4.33. The zero-order chi connectivity index (χ0) is 26.6. The predicted octanol–water partition coefficient (Wildman–Crippen LogP) is 3.56. The van der Waals surface area contributed by atoms with Gasteiger partial charge in [-0.2, -0.15) is 0 Å². The highest BCUT2D eigenvalue weighted by molar-refractivity contribution is 6.23. The lowest BCUT2D eigenvalue weighted by atomic mass is 9.85. The molecule has 0 unspecified atom stereocenters. The van der Waals surface area contributed by atoms with E-state index in [-0.39, 0.29) is 76.9 Å². The monoisotopic (exact) mass is 519 g/mol. The summed E-state index contributed by atoms with van der Waals surface area (Å²) >= 11 is 0. The van der Waals surface area contributed by atoms with Crippen LogP contribution >= 0.6 is 0 Å². The van der Waals surface area contributed by atoms with Crippen molar-refractivity contribution in [1.82, 2.24) is 0 Å². The van der Waals surface area contributed by atoms with Gasteiger partial charge in [-0.15, -0.1) is 0 Å². The molecule has 2 aromatic carbocycles. The van der Waals surface area contributed by atoms with Crippen molar-refractivity contribution >= 4 is 46.6 Å². The lowest BCUT2D eigenvalue weighted by molar-refractivity contribution is -0.124. The van der Waals surface area contributed by atoms with E-state index < -0.39 is 0 Å². The summed E-state index contributed by atoms with van der Waals surface area (Å²) < 4.78 is 0. The number of amides is 5. The first-order chi connectivity index (χ1) is 18.9. The minimum atomic E-state index is -0.349. The highest BCUT2D eigenvalue weighted by Crippen LogP contribution is 2.54. The summed E-state index contributed by atoms with van der Waals surface area (Å²) in [5.74, 6) is -1.38. The maximum absolute atomic E-state index is 13.0. The number of nitrogens with zero attached hydrogens (tertiary/aromatic N) is 2. The second kappa shape index (κ2) is 7.85. The first-order valence-corrected chi connectivity index (χ1v) is 13.5. The number of carbonyl (C=O) groups is 5. The number of anilines is 3. The summed E-state index contributed by atoms with van der Waals surface area (Å²) in [5.41, 5.74) is 1.89. The summed E-state index contributed by atoms with van der Waals surface area (Å²) in [6.07, 6.45) is 10.0. The number of rotatable bonds is 4. The summed E-state index contributed by atoms with van der Waals surface area (Å²) in [7, 11) is 0. The molecule has 1 N–H and O–H groups in total. The van der Waals surface area contributed by atoms with Crippen molar-refractivity contribution in [3.05, 3.63) is 78.4 Å². The maximum atomic E-state index is 13.0.